The Morgan fingerprint density at radius 1 is 0.500 bits per heavy atom. The summed E-state index contributed by atoms with van der Waals surface area (Å²) in [6.45, 7) is -6.17. The van der Waals surface area contributed by atoms with Gasteiger partial charge >= 0.3 is 13.4 Å². The van der Waals surface area contributed by atoms with Gasteiger partial charge in [0.15, 0.2) is 0 Å². The number of halogens is 6. The molecule has 0 heterocycles. The second-order valence-corrected chi connectivity index (χ2v) is 0.429. The molecule has 0 bridgehead atoms. The molecular weight excluding hydrogens is 138 g/mol. The Balaban J connectivity index is 0. The summed E-state index contributed by atoms with van der Waals surface area (Å²) < 4.78 is 57.5. The first-order valence-corrected chi connectivity index (χ1v) is 1.13. The molecule has 0 aromatic carbocycles. The fraction of sp³-hybridized carbons (Fsp3) is 0. The average molecular weight is 138 g/mol. The molecule has 0 N–H and O–H groups in total. The lowest BCUT2D eigenvalue weighted by molar-refractivity contribution is 0.141. The zero-order valence-electron chi connectivity index (χ0n) is 3.27. The molecule has 0 saturated carbocycles. The van der Waals surface area contributed by atoms with Gasteiger partial charge in [-0.15, -0.1) is 0 Å². The lowest BCUT2D eigenvalue weighted by Crippen LogP contribution is -1.49. The van der Waals surface area contributed by atoms with E-state index in [0.29, 0.717) is 0 Å². The summed E-state index contributed by atoms with van der Waals surface area (Å²) in [7, 11) is 0. The molecule has 0 aromatic heterocycles. The summed E-state index contributed by atoms with van der Waals surface area (Å²) in [6, 6.07) is 0. The molecule has 0 aliphatic carbocycles. The van der Waals surface area contributed by atoms with Crippen LogP contribution in [0.2, 0.25) is 0 Å². The van der Waals surface area contributed by atoms with E-state index in [-0.39, 0.29) is 0 Å². The van der Waals surface area contributed by atoms with E-state index in [2.05, 4.69) is 0 Å². The van der Waals surface area contributed by atoms with Crippen LogP contribution in [0, 0.1) is 13.4 Å². The Bertz CT molecular complexity index is 22.0. The summed E-state index contributed by atoms with van der Waals surface area (Å²) in [4.78, 5) is 0. The highest BCUT2D eigenvalue weighted by Crippen LogP contribution is 2.00. The van der Waals surface area contributed by atoms with E-state index >= 15 is 0 Å². The van der Waals surface area contributed by atoms with Crippen molar-refractivity contribution in [1.82, 2.24) is 0 Å². The van der Waals surface area contributed by atoms with Crippen molar-refractivity contribution in [2.24, 2.45) is 0 Å². The van der Waals surface area contributed by atoms with Crippen LogP contribution >= 0.6 is 0 Å². The van der Waals surface area contributed by atoms with E-state index in [4.69, 9.17) is 0 Å². The number of hydrogen-bond donors (Lipinski definition) is 0. The van der Waals surface area contributed by atoms with Crippen LogP contribution in [-0.4, -0.2) is 0 Å². The number of rotatable bonds is 0. The predicted octanol–water partition coefficient (Wildman–Crippen LogP) is 2.68. The van der Waals surface area contributed by atoms with Crippen molar-refractivity contribution >= 4 is 0 Å². The first-order valence-electron chi connectivity index (χ1n) is 1.13. The van der Waals surface area contributed by atoms with Gasteiger partial charge in [-0.3, -0.25) is 0 Å². The largest absolute Gasteiger partial charge is 0.487 e. The van der Waals surface area contributed by atoms with E-state index in [9.17, 15) is 26.3 Å². The fourth-order valence-corrected chi connectivity index (χ4v) is 0. The molecule has 0 aromatic rings. The first-order chi connectivity index (χ1) is 3.46. The zero-order valence-corrected chi connectivity index (χ0v) is 3.27. The van der Waals surface area contributed by atoms with Gasteiger partial charge in [0.05, 0.1) is 0 Å². The zero-order chi connectivity index (χ0) is 7.15. The standard InChI is InChI=1S/2CF3/c2*2-1(3)4. The molecule has 0 aliphatic heterocycles. The van der Waals surface area contributed by atoms with Gasteiger partial charge in [0.25, 0.3) is 0 Å². The van der Waals surface area contributed by atoms with Gasteiger partial charge in [0, 0.05) is 0 Å². The van der Waals surface area contributed by atoms with Crippen molar-refractivity contribution in [2.75, 3.05) is 0 Å². The fourth-order valence-electron chi connectivity index (χ4n) is 0. The molecule has 0 unspecified atom stereocenters. The molecule has 0 spiro atoms. The molecule has 0 amide bonds. The first kappa shape index (κ1) is 10.5. The minimum absolute atomic E-state index is 3.08. The summed E-state index contributed by atoms with van der Waals surface area (Å²) in [5.74, 6) is 0. The molecule has 0 fully saturated rings. The van der Waals surface area contributed by atoms with Crippen LogP contribution in [0.1, 0.15) is 0 Å². The topological polar surface area (TPSA) is 0 Å². The summed E-state index contributed by atoms with van der Waals surface area (Å²) in [6.07, 6.45) is 0. The van der Waals surface area contributed by atoms with Crippen LogP contribution in [0.5, 0.6) is 0 Å². The Kier molecular flexibility index (Phi) is 8.67. The summed E-state index contributed by atoms with van der Waals surface area (Å²) in [5, 5.41) is 0. The highest BCUT2D eigenvalue weighted by Gasteiger charge is 1.93. The molecule has 0 aliphatic rings. The van der Waals surface area contributed by atoms with Gasteiger partial charge in [-0.2, -0.15) is 26.3 Å². The van der Waals surface area contributed by atoms with Gasteiger partial charge in [-0.25, -0.2) is 0 Å². The lowest BCUT2D eigenvalue weighted by Gasteiger charge is -1.60. The second kappa shape index (κ2) is 6.58. The molecule has 0 nitrogen and oxygen atoms in total. The van der Waals surface area contributed by atoms with Crippen molar-refractivity contribution in [3.63, 3.8) is 0 Å². The van der Waals surface area contributed by atoms with E-state index in [1.54, 1.807) is 0 Å². The van der Waals surface area contributed by atoms with Gasteiger partial charge < -0.3 is 0 Å². The maximum absolute atomic E-state index is 9.58. The maximum atomic E-state index is 9.58. The SMILES string of the molecule is F[C](F)F.F[C](F)F. The molecule has 0 atom stereocenters. The third-order valence-electron chi connectivity index (χ3n) is 0. The van der Waals surface area contributed by atoms with Crippen LogP contribution in [0.15, 0.2) is 0 Å². The maximum Gasteiger partial charge on any atom is 0.487 e. The molecule has 6 heteroatoms. The molecule has 2 radical (unpaired) electrons. The molecule has 0 rings (SSSR count). The molecule has 8 heavy (non-hydrogen) atoms. The van der Waals surface area contributed by atoms with Crippen LogP contribution in [0.4, 0.5) is 26.3 Å². The van der Waals surface area contributed by atoms with Crippen LogP contribution < -0.4 is 0 Å². The Morgan fingerprint density at radius 3 is 0.500 bits per heavy atom. The lowest BCUT2D eigenvalue weighted by atomic mass is 11.6. The minimum atomic E-state index is -3.08. The van der Waals surface area contributed by atoms with Crippen molar-refractivity contribution < 1.29 is 26.3 Å². The molecule has 50 valence electrons. The quantitative estimate of drug-likeness (QED) is 0.451. The van der Waals surface area contributed by atoms with Crippen LogP contribution in [0.3, 0.4) is 0 Å². The van der Waals surface area contributed by atoms with Crippen LogP contribution in [0.25, 0.3) is 0 Å². The normalized spacial score (nSPS) is 9.00. The van der Waals surface area contributed by atoms with Crippen molar-refractivity contribution in [2.45, 2.75) is 0 Å². The Morgan fingerprint density at radius 2 is 0.500 bits per heavy atom. The summed E-state index contributed by atoms with van der Waals surface area (Å²) in [5.41, 5.74) is 0. The summed E-state index contributed by atoms with van der Waals surface area (Å²) >= 11 is 0. The monoisotopic (exact) mass is 138 g/mol. The Hall–Kier alpha value is -0.420. The van der Waals surface area contributed by atoms with Gasteiger partial charge in [0.2, 0.25) is 0 Å². The van der Waals surface area contributed by atoms with Crippen molar-refractivity contribution in [1.29, 1.82) is 0 Å². The Labute approximate surface area is 41.1 Å². The van der Waals surface area contributed by atoms with E-state index in [0.717, 1.165) is 0 Å². The smallest absolute Gasteiger partial charge is 0.162 e. The van der Waals surface area contributed by atoms with E-state index < -0.39 is 13.4 Å². The molecular formula is C2F6. The van der Waals surface area contributed by atoms with Crippen molar-refractivity contribution in [3.8, 4) is 0 Å². The highest BCUT2D eigenvalue weighted by atomic mass is 19.4. The third-order valence-corrected chi connectivity index (χ3v) is 0. The highest BCUT2D eigenvalue weighted by molar-refractivity contribution is 4.21. The number of hydrogen-bond acceptors (Lipinski definition) is 0. The van der Waals surface area contributed by atoms with Gasteiger partial charge in [-0.05, 0) is 0 Å². The minimum Gasteiger partial charge on any atom is -0.162 e. The van der Waals surface area contributed by atoms with Gasteiger partial charge in [-0.1, -0.05) is 0 Å². The third kappa shape index (κ3) is 664. The van der Waals surface area contributed by atoms with E-state index in [1.807, 2.05) is 0 Å². The van der Waals surface area contributed by atoms with Crippen molar-refractivity contribution in [3.05, 3.63) is 13.4 Å². The predicted molar refractivity (Wildman–Crippen MR) is 13.1 cm³/mol. The van der Waals surface area contributed by atoms with Crippen LogP contribution in [-0.2, 0) is 0 Å². The average Bonchev–Trinajstić information content (AvgIpc) is 1.25. The molecule has 0 saturated heterocycles. The van der Waals surface area contributed by atoms with E-state index in [1.165, 1.54) is 0 Å². The second-order valence-electron chi connectivity index (χ2n) is 0.429. The van der Waals surface area contributed by atoms with Gasteiger partial charge in [0.1, 0.15) is 0 Å².